The van der Waals surface area contributed by atoms with Crippen molar-refractivity contribution in [1.29, 1.82) is 0 Å². The molecule has 0 radical (unpaired) electrons. The summed E-state index contributed by atoms with van der Waals surface area (Å²) in [5, 5.41) is 3.24. The van der Waals surface area contributed by atoms with Crippen LogP contribution in [0.15, 0.2) is 18.2 Å². The van der Waals surface area contributed by atoms with Gasteiger partial charge in [0.25, 0.3) is 0 Å². The molecule has 20 heavy (non-hydrogen) atoms. The zero-order valence-corrected chi connectivity index (χ0v) is 12.0. The molecule has 0 bridgehead atoms. The maximum Gasteiger partial charge on any atom is 0.222 e. The van der Waals surface area contributed by atoms with Crippen LogP contribution in [0.1, 0.15) is 18.9 Å². The fraction of sp³-hybridized carbons (Fsp3) is 0.533. The predicted molar refractivity (Wildman–Crippen MR) is 79.8 cm³/mol. The van der Waals surface area contributed by atoms with Gasteiger partial charge in [-0.15, -0.1) is 0 Å². The van der Waals surface area contributed by atoms with Crippen LogP contribution in [0.2, 0.25) is 0 Å². The minimum atomic E-state index is 0.221. The summed E-state index contributed by atoms with van der Waals surface area (Å²) in [6, 6.07) is 5.76. The average Bonchev–Trinajstić information content (AvgIpc) is 2.48. The SMILES string of the molecule is CCOc1ccc(CCC(=O)N2CCNCC2)cc1N. The number of aryl methyl sites for hydroxylation is 1. The second-order valence-corrected chi connectivity index (χ2v) is 4.94. The Balaban J connectivity index is 1.87. The molecular formula is C15H23N3O2. The zero-order valence-electron chi connectivity index (χ0n) is 12.0. The Morgan fingerprint density at radius 3 is 2.80 bits per heavy atom. The number of piperazine rings is 1. The molecule has 2 rings (SSSR count). The minimum absolute atomic E-state index is 0.221. The third kappa shape index (κ3) is 3.87. The summed E-state index contributed by atoms with van der Waals surface area (Å²) in [7, 11) is 0. The first kappa shape index (κ1) is 14.7. The van der Waals surface area contributed by atoms with Crippen molar-refractivity contribution >= 4 is 11.6 Å². The van der Waals surface area contributed by atoms with Gasteiger partial charge in [0.05, 0.1) is 12.3 Å². The van der Waals surface area contributed by atoms with Crippen LogP contribution in [0.25, 0.3) is 0 Å². The van der Waals surface area contributed by atoms with E-state index in [0.29, 0.717) is 24.5 Å². The fourth-order valence-corrected chi connectivity index (χ4v) is 2.36. The highest BCUT2D eigenvalue weighted by Gasteiger charge is 2.15. The standard InChI is InChI=1S/C15H23N3O2/c1-2-20-14-5-3-12(11-13(14)16)4-6-15(19)18-9-7-17-8-10-18/h3,5,11,17H,2,4,6-10,16H2,1H3. The van der Waals surface area contributed by atoms with Crippen LogP contribution in [0, 0.1) is 0 Å². The van der Waals surface area contributed by atoms with Gasteiger partial charge in [-0.1, -0.05) is 6.07 Å². The Kier molecular flexibility index (Phi) is 5.24. The quantitative estimate of drug-likeness (QED) is 0.789. The molecule has 5 nitrogen and oxygen atoms in total. The summed E-state index contributed by atoms with van der Waals surface area (Å²) >= 11 is 0. The first-order chi connectivity index (χ1) is 9.70. The number of nitrogen functional groups attached to an aromatic ring is 1. The number of benzene rings is 1. The van der Waals surface area contributed by atoms with Gasteiger partial charge in [-0.2, -0.15) is 0 Å². The van der Waals surface area contributed by atoms with Crippen molar-refractivity contribution in [2.45, 2.75) is 19.8 Å². The number of amides is 1. The molecule has 1 aliphatic rings. The molecule has 0 unspecified atom stereocenters. The van der Waals surface area contributed by atoms with E-state index in [4.69, 9.17) is 10.5 Å². The Hall–Kier alpha value is -1.75. The van der Waals surface area contributed by atoms with Crippen molar-refractivity contribution in [3.63, 3.8) is 0 Å². The Bertz CT molecular complexity index is 456. The molecule has 0 atom stereocenters. The maximum atomic E-state index is 12.1. The van der Waals surface area contributed by atoms with Gasteiger partial charge in [-0.25, -0.2) is 0 Å². The van der Waals surface area contributed by atoms with Gasteiger partial charge in [0, 0.05) is 32.6 Å². The third-order valence-electron chi connectivity index (χ3n) is 3.47. The number of carbonyl (C=O) groups excluding carboxylic acids is 1. The Labute approximate surface area is 120 Å². The second-order valence-electron chi connectivity index (χ2n) is 4.94. The van der Waals surface area contributed by atoms with Gasteiger partial charge in [0.1, 0.15) is 5.75 Å². The summed E-state index contributed by atoms with van der Waals surface area (Å²) in [6.45, 7) is 5.93. The number of nitrogens with zero attached hydrogens (tertiary/aromatic N) is 1. The maximum absolute atomic E-state index is 12.1. The lowest BCUT2D eigenvalue weighted by Crippen LogP contribution is -2.46. The van der Waals surface area contributed by atoms with Crippen LogP contribution in [0.3, 0.4) is 0 Å². The van der Waals surface area contributed by atoms with Gasteiger partial charge in [-0.3, -0.25) is 4.79 Å². The van der Waals surface area contributed by atoms with Gasteiger partial charge in [0.2, 0.25) is 5.91 Å². The number of nitrogens with two attached hydrogens (primary N) is 1. The van der Waals surface area contributed by atoms with Gasteiger partial charge in [-0.05, 0) is 31.0 Å². The monoisotopic (exact) mass is 277 g/mol. The van der Waals surface area contributed by atoms with Crippen LogP contribution in [0.4, 0.5) is 5.69 Å². The summed E-state index contributed by atoms with van der Waals surface area (Å²) in [6.07, 6.45) is 1.26. The smallest absolute Gasteiger partial charge is 0.222 e. The Morgan fingerprint density at radius 2 is 2.15 bits per heavy atom. The Morgan fingerprint density at radius 1 is 1.40 bits per heavy atom. The number of ether oxygens (including phenoxy) is 1. The topological polar surface area (TPSA) is 67.6 Å². The molecule has 5 heteroatoms. The van der Waals surface area contributed by atoms with Crippen LogP contribution in [0.5, 0.6) is 5.75 Å². The summed E-state index contributed by atoms with van der Waals surface area (Å²) < 4.78 is 5.41. The average molecular weight is 277 g/mol. The molecule has 1 saturated heterocycles. The van der Waals surface area contributed by atoms with E-state index < -0.39 is 0 Å². The van der Waals surface area contributed by atoms with Crippen LogP contribution < -0.4 is 15.8 Å². The molecule has 1 fully saturated rings. The lowest BCUT2D eigenvalue weighted by molar-refractivity contribution is -0.131. The molecular weight excluding hydrogens is 254 g/mol. The molecule has 1 heterocycles. The number of hydrogen-bond acceptors (Lipinski definition) is 4. The van der Waals surface area contributed by atoms with Crippen LogP contribution >= 0.6 is 0 Å². The molecule has 1 aromatic carbocycles. The van der Waals surface area contributed by atoms with E-state index in [9.17, 15) is 4.79 Å². The highest BCUT2D eigenvalue weighted by atomic mass is 16.5. The predicted octanol–water partition coefficient (Wildman–Crippen LogP) is 1.03. The molecule has 1 aromatic rings. The minimum Gasteiger partial charge on any atom is -0.492 e. The molecule has 110 valence electrons. The molecule has 0 aliphatic carbocycles. The highest BCUT2D eigenvalue weighted by molar-refractivity contribution is 5.76. The van der Waals surface area contributed by atoms with Crippen LogP contribution in [-0.2, 0) is 11.2 Å². The first-order valence-corrected chi connectivity index (χ1v) is 7.20. The van der Waals surface area contributed by atoms with E-state index in [1.54, 1.807) is 0 Å². The molecule has 3 N–H and O–H groups in total. The van der Waals surface area contributed by atoms with Gasteiger partial charge >= 0.3 is 0 Å². The molecule has 1 amide bonds. The number of nitrogens with one attached hydrogen (secondary N) is 1. The van der Waals surface area contributed by atoms with Crippen molar-refractivity contribution in [2.24, 2.45) is 0 Å². The number of carbonyl (C=O) groups is 1. The summed E-state index contributed by atoms with van der Waals surface area (Å²) in [4.78, 5) is 14.0. The van der Waals surface area contributed by atoms with E-state index in [2.05, 4.69) is 5.32 Å². The van der Waals surface area contributed by atoms with Crippen molar-refractivity contribution in [3.8, 4) is 5.75 Å². The van der Waals surface area contributed by atoms with Crippen molar-refractivity contribution in [3.05, 3.63) is 23.8 Å². The molecule has 0 saturated carbocycles. The summed E-state index contributed by atoms with van der Waals surface area (Å²) in [5.41, 5.74) is 7.64. The first-order valence-electron chi connectivity index (χ1n) is 7.20. The van der Waals surface area contributed by atoms with E-state index in [1.807, 2.05) is 30.0 Å². The molecule has 0 aromatic heterocycles. The number of hydrogen-bond donors (Lipinski definition) is 2. The molecule has 1 aliphatic heterocycles. The van der Waals surface area contributed by atoms with E-state index in [-0.39, 0.29) is 5.91 Å². The van der Waals surface area contributed by atoms with E-state index >= 15 is 0 Å². The largest absolute Gasteiger partial charge is 0.492 e. The van der Waals surface area contributed by atoms with Crippen molar-refractivity contribution in [2.75, 3.05) is 38.5 Å². The lowest BCUT2D eigenvalue weighted by atomic mass is 10.1. The summed E-state index contributed by atoms with van der Waals surface area (Å²) in [5.74, 6) is 0.934. The van der Waals surface area contributed by atoms with E-state index in [1.165, 1.54) is 0 Å². The fourth-order valence-electron chi connectivity index (χ4n) is 2.36. The number of rotatable bonds is 5. The van der Waals surface area contributed by atoms with E-state index in [0.717, 1.165) is 38.2 Å². The normalized spacial score (nSPS) is 15.2. The van der Waals surface area contributed by atoms with Crippen molar-refractivity contribution in [1.82, 2.24) is 10.2 Å². The number of anilines is 1. The molecule has 0 spiro atoms. The second kappa shape index (κ2) is 7.14. The van der Waals surface area contributed by atoms with Crippen molar-refractivity contribution < 1.29 is 9.53 Å². The third-order valence-corrected chi connectivity index (χ3v) is 3.47. The lowest BCUT2D eigenvalue weighted by Gasteiger charge is -2.27. The van der Waals surface area contributed by atoms with Gasteiger partial charge < -0.3 is 20.7 Å². The van der Waals surface area contributed by atoms with Crippen LogP contribution in [-0.4, -0.2) is 43.6 Å². The zero-order chi connectivity index (χ0) is 14.4. The van der Waals surface area contributed by atoms with Gasteiger partial charge in [0.15, 0.2) is 0 Å². The highest BCUT2D eigenvalue weighted by Crippen LogP contribution is 2.23.